The van der Waals surface area contributed by atoms with Crippen LogP contribution in [0.15, 0.2) is 30.3 Å². The van der Waals surface area contributed by atoms with Crippen molar-refractivity contribution in [3.8, 4) is 28.7 Å². The first-order valence-corrected chi connectivity index (χ1v) is 6.97. The topological polar surface area (TPSA) is 59.3 Å². The SMILES string of the molecule is N#Cc1c(C=O)cc(-c2ccc(OC(F)(F)F)cc2)c2c1CCO2. The molecule has 0 unspecified atom stereocenters. The van der Waals surface area contributed by atoms with Gasteiger partial charge in [0.05, 0.1) is 12.2 Å². The van der Waals surface area contributed by atoms with E-state index in [-0.39, 0.29) is 16.9 Å². The quantitative estimate of drug-likeness (QED) is 0.800. The number of nitrogens with zero attached hydrogens (tertiary/aromatic N) is 1. The second-order valence-electron chi connectivity index (χ2n) is 5.10. The average Bonchev–Trinajstić information content (AvgIpc) is 3.02. The zero-order valence-corrected chi connectivity index (χ0v) is 12.2. The number of nitriles is 1. The molecule has 3 rings (SSSR count). The van der Waals surface area contributed by atoms with Gasteiger partial charge in [-0.25, -0.2) is 0 Å². The van der Waals surface area contributed by atoms with Crippen molar-refractivity contribution in [3.05, 3.63) is 47.0 Å². The van der Waals surface area contributed by atoms with Crippen molar-refractivity contribution < 1.29 is 27.4 Å². The molecule has 0 spiro atoms. The number of carbonyl (C=O) groups excluding carboxylic acids is 1. The molecule has 0 N–H and O–H groups in total. The predicted molar refractivity (Wildman–Crippen MR) is 77.9 cm³/mol. The largest absolute Gasteiger partial charge is 0.573 e. The molecule has 0 radical (unpaired) electrons. The molecule has 4 nitrogen and oxygen atoms in total. The van der Waals surface area contributed by atoms with Crippen molar-refractivity contribution in [2.24, 2.45) is 0 Å². The van der Waals surface area contributed by atoms with Crippen molar-refractivity contribution in [1.29, 1.82) is 5.26 Å². The minimum absolute atomic E-state index is 0.229. The van der Waals surface area contributed by atoms with Crippen LogP contribution < -0.4 is 9.47 Å². The molecule has 0 fully saturated rings. The normalized spacial score (nSPS) is 12.9. The van der Waals surface area contributed by atoms with Crippen molar-refractivity contribution >= 4 is 6.29 Å². The number of hydrogen-bond acceptors (Lipinski definition) is 4. The molecule has 0 aromatic heterocycles. The van der Waals surface area contributed by atoms with E-state index in [9.17, 15) is 23.2 Å². The highest BCUT2D eigenvalue weighted by Crippen LogP contribution is 2.40. The number of rotatable bonds is 3. The lowest BCUT2D eigenvalue weighted by molar-refractivity contribution is -0.274. The van der Waals surface area contributed by atoms with Gasteiger partial charge in [0, 0.05) is 23.1 Å². The van der Waals surface area contributed by atoms with E-state index in [1.807, 2.05) is 6.07 Å². The minimum atomic E-state index is -4.76. The Bertz CT molecular complexity index is 836. The highest BCUT2D eigenvalue weighted by atomic mass is 19.4. The summed E-state index contributed by atoms with van der Waals surface area (Å²) in [6.45, 7) is 0.384. The molecule has 0 amide bonds. The molecule has 24 heavy (non-hydrogen) atoms. The van der Waals surface area contributed by atoms with Gasteiger partial charge in [0.2, 0.25) is 0 Å². The summed E-state index contributed by atoms with van der Waals surface area (Å²) in [5.74, 6) is 0.148. The van der Waals surface area contributed by atoms with E-state index in [1.54, 1.807) is 0 Å². The van der Waals surface area contributed by atoms with Crippen molar-refractivity contribution in [2.75, 3.05) is 6.61 Å². The zero-order chi connectivity index (χ0) is 17.3. The Morgan fingerprint density at radius 1 is 1.25 bits per heavy atom. The Hall–Kier alpha value is -3.01. The molecule has 2 aromatic rings. The number of halogens is 3. The first kappa shape index (κ1) is 15.9. The van der Waals surface area contributed by atoms with E-state index >= 15 is 0 Å². The molecule has 0 saturated heterocycles. The maximum absolute atomic E-state index is 12.2. The lowest BCUT2D eigenvalue weighted by Gasteiger charge is -2.13. The maximum atomic E-state index is 12.2. The molecule has 1 heterocycles. The molecule has 2 aromatic carbocycles. The summed E-state index contributed by atoms with van der Waals surface area (Å²) in [6.07, 6.45) is -3.67. The predicted octanol–water partition coefficient (Wildman–Crippen LogP) is 3.87. The van der Waals surface area contributed by atoms with E-state index in [0.29, 0.717) is 41.8 Å². The van der Waals surface area contributed by atoms with E-state index in [1.165, 1.54) is 30.3 Å². The van der Waals surface area contributed by atoms with Gasteiger partial charge in [-0.2, -0.15) is 5.26 Å². The summed E-state index contributed by atoms with van der Waals surface area (Å²) in [6, 6.07) is 8.77. The molecule has 0 bridgehead atoms. The molecule has 0 aliphatic carbocycles. The fourth-order valence-corrected chi connectivity index (χ4v) is 2.68. The molecule has 122 valence electrons. The maximum Gasteiger partial charge on any atom is 0.573 e. The Balaban J connectivity index is 2.06. The number of benzene rings is 2. The van der Waals surface area contributed by atoms with Crippen LogP contribution in [0.1, 0.15) is 21.5 Å². The van der Waals surface area contributed by atoms with Crippen LogP contribution in [0.25, 0.3) is 11.1 Å². The van der Waals surface area contributed by atoms with Crippen LogP contribution in [-0.2, 0) is 6.42 Å². The minimum Gasteiger partial charge on any atom is -0.492 e. The second-order valence-corrected chi connectivity index (χ2v) is 5.10. The van der Waals surface area contributed by atoms with Crippen LogP contribution in [0.2, 0.25) is 0 Å². The molecule has 1 aliphatic rings. The molecular weight excluding hydrogens is 323 g/mol. The molecule has 0 atom stereocenters. The van der Waals surface area contributed by atoms with Gasteiger partial charge in [-0.15, -0.1) is 13.2 Å². The number of fused-ring (bicyclic) bond motifs is 1. The summed E-state index contributed by atoms with van der Waals surface area (Å²) in [7, 11) is 0. The summed E-state index contributed by atoms with van der Waals surface area (Å²) >= 11 is 0. The average molecular weight is 333 g/mol. The Morgan fingerprint density at radius 3 is 2.54 bits per heavy atom. The smallest absolute Gasteiger partial charge is 0.492 e. The summed E-state index contributed by atoms with van der Waals surface area (Å²) < 4.78 is 46.0. The third-order valence-electron chi connectivity index (χ3n) is 3.65. The number of hydrogen-bond donors (Lipinski definition) is 0. The van der Waals surface area contributed by atoms with E-state index in [0.717, 1.165) is 0 Å². The number of carbonyl (C=O) groups is 1. The van der Waals surface area contributed by atoms with Gasteiger partial charge in [0.25, 0.3) is 0 Å². The van der Waals surface area contributed by atoms with Gasteiger partial charge in [-0.05, 0) is 23.8 Å². The van der Waals surface area contributed by atoms with Crippen LogP contribution >= 0.6 is 0 Å². The van der Waals surface area contributed by atoms with Crippen LogP contribution in [0.4, 0.5) is 13.2 Å². The number of alkyl halides is 3. The molecular formula is C17H10F3NO3. The van der Waals surface area contributed by atoms with Gasteiger partial charge in [0.1, 0.15) is 17.6 Å². The van der Waals surface area contributed by atoms with Crippen LogP contribution in [0.5, 0.6) is 11.5 Å². The fourth-order valence-electron chi connectivity index (χ4n) is 2.68. The highest BCUT2D eigenvalue weighted by Gasteiger charge is 2.31. The Labute approximate surface area is 135 Å². The third-order valence-corrected chi connectivity index (χ3v) is 3.65. The van der Waals surface area contributed by atoms with E-state index < -0.39 is 6.36 Å². The second kappa shape index (κ2) is 5.89. The number of ether oxygens (including phenoxy) is 2. The van der Waals surface area contributed by atoms with Crippen molar-refractivity contribution in [2.45, 2.75) is 12.8 Å². The number of aldehydes is 1. The lowest BCUT2D eigenvalue weighted by Crippen LogP contribution is -2.16. The molecule has 1 aliphatic heterocycles. The van der Waals surface area contributed by atoms with E-state index in [2.05, 4.69) is 4.74 Å². The molecule has 0 saturated carbocycles. The van der Waals surface area contributed by atoms with E-state index in [4.69, 9.17) is 4.74 Å². The summed E-state index contributed by atoms with van der Waals surface area (Å²) in [5.41, 5.74) is 2.27. The van der Waals surface area contributed by atoms with Gasteiger partial charge < -0.3 is 9.47 Å². The van der Waals surface area contributed by atoms with Crippen LogP contribution in [0.3, 0.4) is 0 Å². The Kier molecular flexibility index (Phi) is 3.89. The third kappa shape index (κ3) is 2.91. The lowest BCUT2D eigenvalue weighted by atomic mass is 9.93. The van der Waals surface area contributed by atoms with Gasteiger partial charge in [-0.3, -0.25) is 4.79 Å². The summed E-state index contributed by atoms with van der Waals surface area (Å²) in [4.78, 5) is 11.2. The van der Waals surface area contributed by atoms with Crippen LogP contribution in [0, 0.1) is 11.3 Å². The van der Waals surface area contributed by atoms with Gasteiger partial charge in [0.15, 0.2) is 6.29 Å². The zero-order valence-electron chi connectivity index (χ0n) is 12.2. The Morgan fingerprint density at radius 2 is 1.96 bits per heavy atom. The van der Waals surface area contributed by atoms with Crippen molar-refractivity contribution in [3.63, 3.8) is 0 Å². The highest BCUT2D eigenvalue weighted by molar-refractivity contribution is 5.87. The van der Waals surface area contributed by atoms with Crippen LogP contribution in [-0.4, -0.2) is 19.3 Å². The monoisotopic (exact) mass is 333 g/mol. The van der Waals surface area contributed by atoms with Crippen molar-refractivity contribution in [1.82, 2.24) is 0 Å². The van der Waals surface area contributed by atoms with Gasteiger partial charge >= 0.3 is 6.36 Å². The molecule has 7 heteroatoms. The van der Waals surface area contributed by atoms with Gasteiger partial charge in [-0.1, -0.05) is 12.1 Å². The summed E-state index contributed by atoms with van der Waals surface area (Å²) in [5, 5.41) is 9.23. The first-order chi connectivity index (χ1) is 11.4. The first-order valence-electron chi connectivity index (χ1n) is 6.97. The standard InChI is InChI=1S/C17H10F3NO3/c18-17(19,20)24-12-3-1-10(2-4-12)14-7-11(9-22)15(8-21)13-5-6-23-16(13)14/h1-4,7,9H,5-6H2. The fraction of sp³-hybridized carbons (Fsp3) is 0.176.